The van der Waals surface area contributed by atoms with Gasteiger partial charge in [-0.25, -0.2) is 4.68 Å². The molecule has 2 aromatic rings. The molecule has 1 N–H and O–H groups in total. The Balaban J connectivity index is 1.78. The Morgan fingerprint density at radius 2 is 1.96 bits per heavy atom. The van der Waals surface area contributed by atoms with E-state index in [4.69, 9.17) is 0 Å². The van der Waals surface area contributed by atoms with E-state index in [-0.39, 0.29) is 30.8 Å². The zero-order chi connectivity index (χ0) is 18.7. The van der Waals surface area contributed by atoms with E-state index in [1.807, 2.05) is 10.9 Å². The minimum absolute atomic E-state index is 0.0523. The van der Waals surface area contributed by atoms with Crippen molar-refractivity contribution in [3.05, 3.63) is 46.8 Å². The van der Waals surface area contributed by atoms with Gasteiger partial charge in [-0.15, -0.1) is 0 Å². The van der Waals surface area contributed by atoms with Crippen molar-refractivity contribution in [2.75, 3.05) is 7.11 Å². The summed E-state index contributed by atoms with van der Waals surface area (Å²) in [5.74, 6) is -0.500. The number of hydrogen-bond donors (Lipinski definition) is 1. The first kappa shape index (κ1) is 18.2. The van der Waals surface area contributed by atoms with Gasteiger partial charge in [0.1, 0.15) is 0 Å². The fourth-order valence-corrected chi connectivity index (χ4v) is 3.59. The summed E-state index contributed by atoms with van der Waals surface area (Å²) in [6.07, 6.45) is 4.92. The lowest BCUT2D eigenvalue weighted by molar-refractivity contribution is -0.142. The number of ether oxygens (including phenoxy) is 1. The van der Waals surface area contributed by atoms with Crippen molar-refractivity contribution in [3.63, 3.8) is 0 Å². The zero-order valence-corrected chi connectivity index (χ0v) is 15.5. The van der Waals surface area contributed by atoms with Crippen LogP contribution in [0, 0.1) is 13.8 Å². The maximum atomic E-state index is 12.2. The Labute approximate surface area is 153 Å². The highest BCUT2D eigenvalue weighted by molar-refractivity contribution is 5.81. The molecule has 1 amide bonds. The number of fused-ring (bicyclic) bond motifs is 1. The summed E-state index contributed by atoms with van der Waals surface area (Å²) >= 11 is 0. The van der Waals surface area contributed by atoms with Gasteiger partial charge in [0, 0.05) is 17.7 Å². The number of nitrogens with one attached hydrogen (secondary N) is 1. The van der Waals surface area contributed by atoms with Crippen LogP contribution in [0.2, 0.25) is 0 Å². The molecule has 0 fully saturated rings. The van der Waals surface area contributed by atoms with E-state index in [1.54, 1.807) is 0 Å². The van der Waals surface area contributed by atoms with Crippen LogP contribution in [-0.4, -0.2) is 28.8 Å². The average molecular weight is 355 g/mol. The minimum Gasteiger partial charge on any atom is -0.469 e. The van der Waals surface area contributed by atoms with Crippen LogP contribution in [-0.2, 0) is 20.7 Å². The first-order valence-electron chi connectivity index (χ1n) is 8.99. The molecule has 0 spiro atoms. The second kappa shape index (κ2) is 7.72. The molecule has 138 valence electrons. The number of esters is 1. The maximum Gasteiger partial charge on any atom is 0.306 e. The highest BCUT2D eigenvalue weighted by atomic mass is 16.5. The molecule has 26 heavy (non-hydrogen) atoms. The van der Waals surface area contributed by atoms with E-state index in [0.717, 1.165) is 36.2 Å². The van der Waals surface area contributed by atoms with Gasteiger partial charge in [0.25, 0.3) is 0 Å². The topological polar surface area (TPSA) is 73.2 Å². The third kappa shape index (κ3) is 3.95. The molecule has 3 rings (SSSR count). The number of methoxy groups -OCH3 is 1. The van der Waals surface area contributed by atoms with Crippen LogP contribution in [0.1, 0.15) is 54.1 Å². The van der Waals surface area contributed by atoms with Crippen molar-refractivity contribution >= 4 is 11.9 Å². The molecule has 0 radical (unpaired) electrons. The maximum absolute atomic E-state index is 12.2. The second-order valence-corrected chi connectivity index (χ2v) is 6.89. The number of hydrogen-bond acceptors (Lipinski definition) is 4. The monoisotopic (exact) mass is 355 g/mol. The summed E-state index contributed by atoms with van der Waals surface area (Å²) in [5, 5.41) is 7.63. The highest BCUT2D eigenvalue weighted by Gasteiger charge is 2.26. The zero-order valence-electron chi connectivity index (χ0n) is 15.5. The van der Waals surface area contributed by atoms with Crippen LogP contribution >= 0.6 is 0 Å². The summed E-state index contributed by atoms with van der Waals surface area (Å²) in [4.78, 5) is 23.4. The first-order chi connectivity index (χ1) is 12.5. The molecule has 6 nitrogen and oxygen atoms in total. The van der Waals surface area contributed by atoms with Gasteiger partial charge in [-0.3, -0.25) is 9.59 Å². The van der Waals surface area contributed by atoms with E-state index in [0.29, 0.717) is 0 Å². The van der Waals surface area contributed by atoms with Crippen molar-refractivity contribution < 1.29 is 14.3 Å². The molecule has 0 saturated carbocycles. The molecular formula is C20H25N3O3. The Morgan fingerprint density at radius 3 is 2.65 bits per heavy atom. The number of rotatable bonds is 5. The SMILES string of the molecule is COC(=O)CCC(=O)N[C@@H]1CCCc2c1cnn2-c1cc(C)cc(C)c1. The number of aryl methyl sites for hydroxylation is 2. The molecule has 1 atom stereocenters. The average Bonchev–Trinajstić information content (AvgIpc) is 3.04. The van der Waals surface area contributed by atoms with Gasteiger partial charge in [-0.1, -0.05) is 6.07 Å². The fourth-order valence-electron chi connectivity index (χ4n) is 3.59. The number of carbonyl (C=O) groups is 2. The summed E-state index contributed by atoms with van der Waals surface area (Å²) in [6, 6.07) is 6.34. The van der Waals surface area contributed by atoms with E-state index >= 15 is 0 Å². The minimum atomic E-state index is -0.368. The number of aromatic nitrogens is 2. The predicted octanol–water partition coefficient (Wildman–Crippen LogP) is 2.94. The molecule has 0 unspecified atom stereocenters. The molecule has 1 aliphatic rings. The largest absolute Gasteiger partial charge is 0.469 e. The number of benzene rings is 1. The summed E-state index contributed by atoms with van der Waals surface area (Å²) < 4.78 is 6.57. The van der Waals surface area contributed by atoms with Crippen LogP contribution in [0.5, 0.6) is 0 Å². The molecule has 0 saturated heterocycles. The highest BCUT2D eigenvalue weighted by Crippen LogP contribution is 2.31. The molecule has 6 heteroatoms. The Morgan fingerprint density at radius 1 is 1.23 bits per heavy atom. The number of amides is 1. The molecule has 1 aromatic heterocycles. The van der Waals surface area contributed by atoms with E-state index < -0.39 is 0 Å². The third-order valence-corrected chi connectivity index (χ3v) is 4.75. The van der Waals surface area contributed by atoms with Gasteiger partial charge >= 0.3 is 5.97 Å². The molecule has 1 heterocycles. The van der Waals surface area contributed by atoms with Crippen molar-refractivity contribution in [3.8, 4) is 5.69 Å². The van der Waals surface area contributed by atoms with Gasteiger partial charge < -0.3 is 10.1 Å². The first-order valence-corrected chi connectivity index (χ1v) is 8.99. The summed E-state index contributed by atoms with van der Waals surface area (Å²) in [7, 11) is 1.33. The predicted molar refractivity (Wildman–Crippen MR) is 98.1 cm³/mol. The Bertz CT molecular complexity index is 805. The van der Waals surface area contributed by atoms with Gasteiger partial charge in [-0.05, 0) is 56.4 Å². The van der Waals surface area contributed by atoms with Crippen LogP contribution in [0.3, 0.4) is 0 Å². The molecular weight excluding hydrogens is 330 g/mol. The van der Waals surface area contributed by atoms with Crippen LogP contribution < -0.4 is 5.32 Å². The lowest BCUT2D eigenvalue weighted by atomic mass is 9.92. The third-order valence-electron chi connectivity index (χ3n) is 4.75. The van der Waals surface area contributed by atoms with Gasteiger partial charge in [0.05, 0.1) is 31.5 Å². The second-order valence-electron chi connectivity index (χ2n) is 6.89. The van der Waals surface area contributed by atoms with Crippen molar-refractivity contribution in [2.24, 2.45) is 0 Å². The van der Waals surface area contributed by atoms with Gasteiger partial charge in [0.2, 0.25) is 5.91 Å². The standard InChI is InChI=1S/C20H25N3O3/c1-13-9-14(2)11-15(10-13)23-18-6-4-5-17(16(18)12-21-23)22-19(24)7-8-20(25)26-3/h9-12,17H,4-8H2,1-3H3,(H,22,24)/t17-/m1/s1. The molecule has 1 aliphatic carbocycles. The van der Waals surface area contributed by atoms with Crippen molar-refractivity contribution in [2.45, 2.75) is 52.0 Å². The molecule has 0 bridgehead atoms. The quantitative estimate of drug-likeness (QED) is 0.837. The van der Waals surface area contributed by atoms with Crippen molar-refractivity contribution in [1.29, 1.82) is 0 Å². The summed E-state index contributed by atoms with van der Waals surface area (Å²) in [6.45, 7) is 4.16. The van der Waals surface area contributed by atoms with E-state index in [9.17, 15) is 9.59 Å². The van der Waals surface area contributed by atoms with Crippen LogP contribution in [0.15, 0.2) is 24.4 Å². The molecule has 0 aliphatic heterocycles. The van der Waals surface area contributed by atoms with E-state index in [2.05, 4.69) is 47.2 Å². The van der Waals surface area contributed by atoms with Gasteiger partial charge in [0.15, 0.2) is 0 Å². The van der Waals surface area contributed by atoms with Gasteiger partial charge in [-0.2, -0.15) is 5.10 Å². The normalized spacial score (nSPS) is 16.0. The smallest absolute Gasteiger partial charge is 0.306 e. The number of nitrogens with zero attached hydrogens (tertiary/aromatic N) is 2. The summed E-state index contributed by atoms with van der Waals surface area (Å²) in [5.41, 5.74) is 5.68. The van der Waals surface area contributed by atoms with E-state index in [1.165, 1.54) is 18.2 Å². The molecule has 1 aromatic carbocycles. The Hall–Kier alpha value is -2.63. The van der Waals surface area contributed by atoms with Crippen LogP contribution in [0.4, 0.5) is 0 Å². The lowest BCUT2D eigenvalue weighted by Crippen LogP contribution is -2.31. The van der Waals surface area contributed by atoms with Crippen LogP contribution in [0.25, 0.3) is 5.69 Å². The lowest BCUT2D eigenvalue weighted by Gasteiger charge is -2.24. The fraction of sp³-hybridized carbons (Fsp3) is 0.450. The Kier molecular flexibility index (Phi) is 5.40. The van der Waals surface area contributed by atoms with Crippen molar-refractivity contribution in [1.82, 2.24) is 15.1 Å². The number of carbonyl (C=O) groups excluding carboxylic acids is 2.